The maximum atomic E-state index is 6.01. The van der Waals surface area contributed by atoms with Crippen LogP contribution in [0.4, 0.5) is 0 Å². The first-order valence-electron chi connectivity index (χ1n) is 10.7. The lowest BCUT2D eigenvalue weighted by molar-refractivity contribution is 0.131. The van der Waals surface area contributed by atoms with Crippen LogP contribution in [0.5, 0.6) is 11.5 Å². The first-order chi connectivity index (χ1) is 15.3. The lowest BCUT2D eigenvalue weighted by Gasteiger charge is -2.33. The van der Waals surface area contributed by atoms with Crippen molar-refractivity contribution in [2.75, 3.05) is 33.3 Å². The van der Waals surface area contributed by atoms with Gasteiger partial charge in [-0.2, -0.15) is 5.10 Å². The summed E-state index contributed by atoms with van der Waals surface area (Å²) in [4.78, 5) is 2.48. The first-order valence-corrected chi connectivity index (χ1v) is 10.7. The predicted octanol–water partition coefficient (Wildman–Crippen LogP) is 4.43. The molecule has 0 bridgehead atoms. The van der Waals surface area contributed by atoms with Crippen molar-refractivity contribution in [3.05, 3.63) is 95.6 Å². The van der Waals surface area contributed by atoms with Gasteiger partial charge in [-0.3, -0.25) is 9.91 Å². The Morgan fingerprint density at radius 2 is 1.48 bits per heavy atom. The number of hydrogen-bond acceptors (Lipinski definition) is 5. The molecule has 1 fully saturated rings. The summed E-state index contributed by atoms with van der Waals surface area (Å²) in [5.74, 6) is 1.45. The predicted molar refractivity (Wildman–Crippen MR) is 125 cm³/mol. The highest BCUT2D eigenvalue weighted by Crippen LogP contribution is 2.28. The number of ether oxygens (including phenoxy) is 2. The minimum Gasteiger partial charge on any atom is -0.493 e. The number of hydrazone groups is 1. The molecule has 0 aliphatic carbocycles. The number of benzene rings is 3. The van der Waals surface area contributed by atoms with Crippen LogP contribution >= 0.6 is 0 Å². The number of nitrogens with zero attached hydrogens (tertiary/aromatic N) is 3. The van der Waals surface area contributed by atoms with Crippen LogP contribution in [0.15, 0.2) is 84.0 Å². The second-order valence-electron chi connectivity index (χ2n) is 7.64. The fourth-order valence-corrected chi connectivity index (χ4v) is 3.62. The van der Waals surface area contributed by atoms with Gasteiger partial charge in [-0.25, -0.2) is 0 Å². The molecule has 0 aromatic heterocycles. The van der Waals surface area contributed by atoms with Gasteiger partial charge in [-0.15, -0.1) is 0 Å². The monoisotopic (exact) mass is 415 g/mol. The van der Waals surface area contributed by atoms with Crippen molar-refractivity contribution in [3.63, 3.8) is 0 Å². The van der Waals surface area contributed by atoms with E-state index in [-0.39, 0.29) is 0 Å². The first kappa shape index (κ1) is 20.9. The third-order valence-corrected chi connectivity index (χ3v) is 5.39. The van der Waals surface area contributed by atoms with Gasteiger partial charge in [0, 0.05) is 32.7 Å². The van der Waals surface area contributed by atoms with Gasteiger partial charge >= 0.3 is 0 Å². The molecule has 31 heavy (non-hydrogen) atoms. The summed E-state index contributed by atoms with van der Waals surface area (Å²) in [5, 5.41) is 6.83. The molecule has 3 aromatic rings. The lowest BCUT2D eigenvalue weighted by Crippen LogP contribution is -2.43. The van der Waals surface area contributed by atoms with Crippen molar-refractivity contribution < 1.29 is 9.47 Å². The maximum Gasteiger partial charge on any atom is 0.162 e. The highest BCUT2D eigenvalue weighted by Gasteiger charge is 2.15. The van der Waals surface area contributed by atoms with Crippen molar-refractivity contribution in [2.24, 2.45) is 5.10 Å². The van der Waals surface area contributed by atoms with Gasteiger partial charge in [0.15, 0.2) is 11.5 Å². The second-order valence-corrected chi connectivity index (χ2v) is 7.64. The normalized spacial score (nSPS) is 14.7. The van der Waals surface area contributed by atoms with Crippen LogP contribution in [0.1, 0.15) is 16.7 Å². The van der Waals surface area contributed by atoms with Crippen LogP contribution in [0.3, 0.4) is 0 Å². The van der Waals surface area contributed by atoms with Crippen LogP contribution in [-0.2, 0) is 13.2 Å². The van der Waals surface area contributed by atoms with E-state index in [0.717, 1.165) is 55.3 Å². The van der Waals surface area contributed by atoms with E-state index in [0.29, 0.717) is 6.61 Å². The van der Waals surface area contributed by atoms with E-state index in [1.807, 2.05) is 42.6 Å². The molecule has 0 N–H and O–H groups in total. The second kappa shape index (κ2) is 10.6. The Bertz CT molecular complexity index is 968. The Balaban J connectivity index is 1.32. The smallest absolute Gasteiger partial charge is 0.162 e. The minimum absolute atomic E-state index is 0.501. The number of methoxy groups -OCH3 is 1. The van der Waals surface area contributed by atoms with Crippen LogP contribution in [-0.4, -0.2) is 49.4 Å². The zero-order valence-electron chi connectivity index (χ0n) is 18.0. The Labute approximate surface area is 184 Å². The lowest BCUT2D eigenvalue weighted by atomic mass is 10.2. The van der Waals surface area contributed by atoms with E-state index in [4.69, 9.17) is 14.6 Å². The highest BCUT2D eigenvalue weighted by atomic mass is 16.5. The number of piperazine rings is 1. The molecular formula is C26H29N3O2. The molecule has 0 amide bonds. The fraction of sp³-hybridized carbons (Fsp3) is 0.269. The summed E-state index contributed by atoms with van der Waals surface area (Å²) in [6.45, 7) is 5.38. The SMILES string of the molecule is COc1ccc(/C=N/N2CCN(Cc3ccccc3)CC2)cc1OCc1ccccc1. The molecule has 0 atom stereocenters. The number of rotatable bonds is 8. The van der Waals surface area contributed by atoms with Crippen LogP contribution < -0.4 is 9.47 Å². The maximum absolute atomic E-state index is 6.01. The van der Waals surface area contributed by atoms with E-state index >= 15 is 0 Å². The Morgan fingerprint density at radius 1 is 0.806 bits per heavy atom. The topological polar surface area (TPSA) is 37.3 Å². The van der Waals surface area contributed by atoms with E-state index in [9.17, 15) is 0 Å². The Kier molecular flexibility index (Phi) is 7.19. The average Bonchev–Trinajstić information content (AvgIpc) is 2.83. The van der Waals surface area contributed by atoms with E-state index in [2.05, 4.69) is 52.4 Å². The molecule has 5 nitrogen and oxygen atoms in total. The van der Waals surface area contributed by atoms with E-state index in [1.54, 1.807) is 7.11 Å². The van der Waals surface area contributed by atoms with Gasteiger partial charge in [0.1, 0.15) is 6.61 Å². The van der Waals surface area contributed by atoms with Gasteiger partial charge in [0.2, 0.25) is 0 Å². The number of hydrogen-bond donors (Lipinski definition) is 0. The molecule has 1 heterocycles. The fourth-order valence-electron chi connectivity index (χ4n) is 3.62. The summed E-state index contributed by atoms with van der Waals surface area (Å²) < 4.78 is 11.5. The molecule has 0 unspecified atom stereocenters. The summed E-state index contributed by atoms with van der Waals surface area (Å²) in [5.41, 5.74) is 3.48. The van der Waals surface area contributed by atoms with Crippen molar-refractivity contribution in [1.29, 1.82) is 0 Å². The van der Waals surface area contributed by atoms with Crippen LogP contribution in [0, 0.1) is 0 Å². The van der Waals surface area contributed by atoms with Gasteiger partial charge in [0.25, 0.3) is 0 Å². The third kappa shape index (κ3) is 6.09. The van der Waals surface area contributed by atoms with Crippen molar-refractivity contribution in [1.82, 2.24) is 9.91 Å². The van der Waals surface area contributed by atoms with Crippen LogP contribution in [0.25, 0.3) is 0 Å². The molecule has 1 aliphatic heterocycles. The molecule has 5 heteroatoms. The summed E-state index contributed by atoms with van der Waals surface area (Å²) in [6.07, 6.45) is 1.90. The van der Waals surface area contributed by atoms with Gasteiger partial charge in [-0.05, 0) is 34.9 Å². The van der Waals surface area contributed by atoms with Gasteiger partial charge in [0.05, 0.1) is 13.3 Å². The third-order valence-electron chi connectivity index (χ3n) is 5.39. The summed E-state index contributed by atoms with van der Waals surface area (Å²) >= 11 is 0. The molecular weight excluding hydrogens is 386 g/mol. The van der Waals surface area contributed by atoms with E-state index < -0.39 is 0 Å². The van der Waals surface area contributed by atoms with Crippen molar-refractivity contribution >= 4 is 6.21 Å². The molecule has 0 spiro atoms. The molecule has 0 radical (unpaired) electrons. The van der Waals surface area contributed by atoms with Crippen LogP contribution in [0.2, 0.25) is 0 Å². The van der Waals surface area contributed by atoms with Gasteiger partial charge in [-0.1, -0.05) is 60.7 Å². The zero-order valence-corrected chi connectivity index (χ0v) is 18.0. The summed E-state index contributed by atoms with van der Waals surface area (Å²) in [6, 6.07) is 26.7. The molecule has 0 saturated carbocycles. The molecule has 3 aromatic carbocycles. The Morgan fingerprint density at radius 3 is 2.16 bits per heavy atom. The van der Waals surface area contributed by atoms with Gasteiger partial charge < -0.3 is 9.47 Å². The highest BCUT2D eigenvalue weighted by molar-refractivity contribution is 5.80. The van der Waals surface area contributed by atoms with Crippen molar-refractivity contribution in [2.45, 2.75) is 13.2 Å². The minimum atomic E-state index is 0.501. The molecule has 160 valence electrons. The molecule has 4 rings (SSSR count). The van der Waals surface area contributed by atoms with E-state index in [1.165, 1.54) is 5.56 Å². The average molecular weight is 416 g/mol. The standard InChI is InChI=1S/C26H29N3O2/c1-30-25-13-12-24(18-26(25)31-21-23-10-6-3-7-11-23)19-27-29-16-14-28(15-17-29)20-22-8-4-2-5-9-22/h2-13,18-19H,14-17,20-21H2,1H3/b27-19+. The molecule has 1 aliphatic rings. The zero-order chi connectivity index (χ0) is 21.3. The van der Waals surface area contributed by atoms with Crippen molar-refractivity contribution in [3.8, 4) is 11.5 Å². The summed E-state index contributed by atoms with van der Waals surface area (Å²) in [7, 11) is 1.66. The quantitative estimate of drug-likeness (QED) is 0.510. The Hall–Kier alpha value is -3.31. The largest absolute Gasteiger partial charge is 0.493 e. The molecule has 1 saturated heterocycles.